The molecule has 0 spiro atoms. The largest absolute Gasteiger partial charge is 0.477 e. The minimum atomic E-state index is -3.88. The average molecular weight is 409 g/mol. The average Bonchev–Trinajstić information content (AvgIpc) is 2.94. The molecule has 0 aliphatic heterocycles. The summed E-state index contributed by atoms with van der Waals surface area (Å²) in [5.74, 6) is -3.20. The van der Waals surface area contributed by atoms with E-state index in [4.69, 9.17) is 5.14 Å². The van der Waals surface area contributed by atoms with Gasteiger partial charge in [0.25, 0.3) is 0 Å². The molecule has 3 N–H and O–H groups in total. The Labute approximate surface area is 157 Å². The molecule has 3 aromatic rings. The van der Waals surface area contributed by atoms with Gasteiger partial charge in [-0.3, -0.25) is 0 Å². The molecule has 0 fully saturated rings. The van der Waals surface area contributed by atoms with Gasteiger partial charge in [0.05, 0.1) is 4.90 Å². The fourth-order valence-corrected chi connectivity index (χ4v) is 4.42. The number of sulfonamides is 1. The molecular formula is C18H13F2NO4S2. The Bertz CT molecular complexity index is 1150. The number of aromatic carboxylic acids is 1. The van der Waals surface area contributed by atoms with Crippen molar-refractivity contribution in [1.29, 1.82) is 0 Å². The lowest BCUT2D eigenvalue weighted by Crippen LogP contribution is -2.11. The van der Waals surface area contributed by atoms with Crippen molar-refractivity contribution in [3.05, 3.63) is 64.5 Å². The minimum Gasteiger partial charge on any atom is -0.477 e. The van der Waals surface area contributed by atoms with E-state index in [0.29, 0.717) is 27.1 Å². The molecule has 0 atom stereocenters. The Kier molecular flexibility index (Phi) is 4.85. The molecule has 0 amide bonds. The Morgan fingerprint density at radius 3 is 2.15 bits per heavy atom. The number of primary sulfonamides is 1. The van der Waals surface area contributed by atoms with E-state index in [1.165, 1.54) is 30.3 Å². The maximum atomic E-state index is 13.6. The second-order valence-electron chi connectivity index (χ2n) is 5.76. The van der Waals surface area contributed by atoms with Crippen molar-refractivity contribution in [2.24, 2.45) is 5.14 Å². The third kappa shape index (κ3) is 3.61. The second-order valence-corrected chi connectivity index (χ2v) is 8.35. The van der Waals surface area contributed by atoms with Gasteiger partial charge in [-0.1, -0.05) is 18.2 Å². The maximum Gasteiger partial charge on any atom is 0.346 e. The van der Waals surface area contributed by atoms with E-state index in [-0.39, 0.29) is 9.77 Å². The van der Waals surface area contributed by atoms with Crippen LogP contribution in [-0.2, 0) is 10.0 Å². The summed E-state index contributed by atoms with van der Waals surface area (Å²) >= 11 is 0.935. The third-order valence-electron chi connectivity index (χ3n) is 3.99. The Balaban J connectivity index is 2.19. The highest BCUT2D eigenvalue weighted by molar-refractivity contribution is 7.89. The van der Waals surface area contributed by atoms with Crippen molar-refractivity contribution >= 4 is 27.3 Å². The molecule has 1 aromatic heterocycles. The first-order valence-electron chi connectivity index (χ1n) is 7.55. The number of carboxylic acids is 1. The molecule has 0 saturated carbocycles. The zero-order chi connectivity index (χ0) is 19.9. The van der Waals surface area contributed by atoms with Gasteiger partial charge in [0.1, 0.15) is 4.88 Å². The molecule has 5 nitrogen and oxygen atoms in total. The van der Waals surface area contributed by atoms with Crippen LogP contribution in [0.15, 0.2) is 47.4 Å². The number of hydrogen-bond donors (Lipinski definition) is 2. The number of carboxylic acid groups (broad SMARTS) is 1. The predicted molar refractivity (Wildman–Crippen MR) is 98.2 cm³/mol. The topological polar surface area (TPSA) is 97.5 Å². The number of benzene rings is 2. The number of nitrogens with two attached hydrogens (primary N) is 1. The van der Waals surface area contributed by atoms with Crippen molar-refractivity contribution in [1.82, 2.24) is 0 Å². The number of carbonyl (C=O) groups is 1. The van der Waals surface area contributed by atoms with Crippen molar-refractivity contribution in [3.8, 4) is 21.6 Å². The second kappa shape index (κ2) is 6.84. The van der Waals surface area contributed by atoms with Crippen LogP contribution in [0, 0.1) is 18.6 Å². The Morgan fingerprint density at radius 1 is 1.04 bits per heavy atom. The summed E-state index contributed by atoms with van der Waals surface area (Å²) in [4.78, 5) is 12.1. The summed E-state index contributed by atoms with van der Waals surface area (Å²) in [6.07, 6.45) is 0. The SMILES string of the molecule is Cc1c(-c2ccc(F)c(F)c2)sc(C(=O)O)c1-c1ccc(S(N)(=O)=O)cc1. The van der Waals surface area contributed by atoms with Crippen molar-refractivity contribution < 1.29 is 27.1 Å². The van der Waals surface area contributed by atoms with Crippen LogP contribution in [0.3, 0.4) is 0 Å². The molecule has 0 bridgehead atoms. The van der Waals surface area contributed by atoms with E-state index in [1.54, 1.807) is 6.92 Å². The van der Waals surface area contributed by atoms with E-state index in [9.17, 15) is 27.1 Å². The molecule has 0 aliphatic rings. The van der Waals surface area contributed by atoms with E-state index in [1.807, 2.05) is 0 Å². The van der Waals surface area contributed by atoms with Crippen molar-refractivity contribution in [2.75, 3.05) is 0 Å². The number of rotatable bonds is 4. The van der Waals surface area contributed by atoms with Gasteiger partial charge < -0.3 is 5.11 Å². The lowest BCUT2D eigenvalue weighted by atomic mass is 9.99. The first-order chi connectivity index (χ1) is 12.6. The van der Waals surface area contributed by atoms with Crippen molar-refractivity contribution in [3.63, 3.8) is 0 Å². The number of thiophene rings is 1. The fraction of sp³-hybridized carbons (Fsp3) is 0.0556. The quantitative estimate of drug-likeness (QED) is 0.680. The lowest BCUT2D eigenvalue weighted by molar-refractivity contribution is 0.0703. The summed E-state index contributed by atoms with van der Waals surface area (Å²) in [5.41, 5.74) is 1.77. The van der Waals surface area contributed by atoms with Crippen LogP contribution in [0.2, 0.25) is 0 Å². The van der Waals surface area contributed by atoms with Crippen LogP contribution >= 0.6 is 11.3 Å². The van der Waals surface area contributed by atoms with Crippen LogP contribution < -0.4 is 5.14 Å². The molecule has 0 saturated heterocycles. The fourth-order valence-electron chi connectivity index (χ4n) is 2.74. The summed E-state index contributed by atoms with van der Waals surface area (Å²) in [7, 11) is -3.88. The Morgan fingerprint density at radius 2 is 1.63 bits per heavy atom. The van der Waals surface area contributed by atoms with E-state index >= 15 is 0 Å². The van der Waals surface area contributed by atoms with E-state index in [2.05, 4.69) is 0 Å². The highest BCUT2D eigenvalue weighted by Crippen LogP contribution is 2.42. The van der Waals surface area contributed by atoms with Crippen LogP contribution in [0.1, 0.15) is 15.2 Å². The van der Waals surface area contributed by atoms with Crippen LogP contribution in [0.25, 0.3) is 21.6 Å². The van der Waals surface area contributed by atoms with Gasteiger partial charge >= 0.3 is 5.97 Å². The van der Waals surface area contributed by atoms with E-state index < -0.39 is 27.6 Å². The van der Waals surface area contributed by atoms with Gasteiger partial charge in [0.15, 0.2) is 11.6 Å². The molecular weight excluding hydrogens is 396 g/mol. The summed E-state index contributed by atoms with van der Waals surface area (Å²) in [6, 6.07) is 8.83. The summed E-state index contributed by atoms with van der Waals surface area (Å²) in [6.45, 7) is 1.67. The molecule has 9 heteroatoms. The monoisotopic (exact) mass is 409 g/mol. The van der Waals surface area contributed by atoms with Crippen LogP contribution in [0.4, 0.5) is 8.78 Å². The molecule has 2 aromatic carbocycles. The lowest BCUT2D eigenvalue weighted by Gasteiger charge is -2.06. The molecule has 0 aliphatic carbocycles. The number of hydrogen-bond acceptors (Lipinski definition) is 4. The van der Waals surface area contributed by atoms with Gasteiger partial charge in [-0.25, -0.2) is 27.1 Å². The molecule has 140 valence electrons. The van der Waals surface area contributed by atoms with Gasteiger partial charge in [-0.15, -0.1) is 11.3 Å². The van der Waals surface area contributed by atoms with Gasteiger partial charge in [-0.2, -0.15) is 0 Å². The Hall–Kier alpha value is -2.62. The highest BCUT2D eigenvalue weighted by atomic mass is 32.2. The maximum absolute atomic E-state index is 13.6. The van der Waals surface area contributed by atoms with Gasteiger partial charge in [0, 0.05) is 10.4 Å². The first kappa shape index (κ1) is 19.2. The van der Waals surface area contributed by atoms with Crippen LogP contribution in [-0.4, -0.2) is 19.5 Å². The molecule has 3 rings (SSSR count). The summed E-state index contributed by atoms with van der Waals surface area (Å²) in [5, 5.41) is 14.6. The van der Waals surface area contributed by atoms with Gasteiger partial charge in [0.2, 0.25) is 10.0 Å². The normalized spacial score (nSPS) is 11.6. The van der Waals surface area contributed by atoms with Gasteiger partial charge in [-0.05, 0) is 47.9 Å². The molecule has 0 unspecified atom stereocenters. The standard InChI is InChI=1S/C18H13F2NO4S2/c1-9-15(10-2-5-12(6-3-10)27(21,24)25)17(18(22)23)26-16(9)11-4-7-13(19)14(20)8-11/h2-8H,1H3,(H,22,23)(H2,21,24,25). The molecule has 1 heterocycles. The molecule has 0 radical (unpaired) electrons. The minimum absolute atomic E-state index is 0.00980. The molecule has 27 heavy (non-hydrogen) atoms. The number of halogens is 2. The zero-order valence-corrected chi connectivity index (χ0v) is 15.5. The first-order valence-corrected chi connectivity index (χ1v) is 9.91. The smallest absolute Gasteiger partial charge is 0.346 e. The van der Waals surface area contributed by atoms with Crippen molar-refractivity contribution in [2.45, 2.75) is 11.8 Å². The zero-order valence-electron chi connectivity index (χ0n) is 13.9. The third-order valence-corrected chi connectivity index (χ3v) is 6.25. The van der Waals surface area contributed by atoms with E-state index in [0.717, 1.165) is 23.5 Å². The van der Waals surface area contributed by atoms with Crippen LogP contribution in [0.5, 0.6) is 0 Å². The highest BCUT2D eigenvalue weighted by Gasteiger charge is 2.23. The summed E-state index contributed by atoms with van der Waals surface area (Å²) < 4.78 is 49.6. The predicted octanol–water partition coefficient (Wildman–Crippen LogP) is 4.01.